The number of terminal acetylenes is 1. The quantitative estimate of drug-likeness (QED) is 0.447. The van der Waals surface area contributed by atoms with Gasteiger partial charge in [0.1, 0.15) is 8.07 Å². The standard InChI is InChI=1S/C5H10Si.2ClH.Zn/c1-5-6(2,3)4;;;/h1H,2-4H3;2*1H;/q;;;+2/p-2. The Morgan fingerprint density at radius 1 is 1.33 bits per heavy atom. The van der Waals surface area contributed by atoms with Crippen molar-refractivity contribution in [2.75, 3.05) is 0 Å². The van der Waals surface area contributed by atoms with Crippen LogP contribution in [0.2, 0.25) is 19.6 Å². The van der Waals surface area contributed by atoms with Crippen molar-refractivity contribution in [3.63, 3.8) is 0 Å². The molecule has 0 aliphatic rings. The van der Waals surface area contributed by atoms with Gasteiger partial charge in [-0.15, -0.1) is 12.0 Å². The fourth-order valence-corrected chi connectivity index (χ4v) is 0. The molecule has 0 aliphatic carbocycles. The van der Waals surface area contributed by atoms with Crippen LogP contribution in [0.3, 0.4) is 0 Å². The molecule has 0 nitrogen and oxygen atoms in total. The van der Waals surface area contributed by atoms with Gasteiger partial charge < -0.3 is 0 Å². The zero-order valence-electron chi connectivity index (χ0n) is 6.04. The molecule has 0 radical (unpaired) electrons. The molecule has 0 aromatic heterocycles. The zero-order valence-corrected chi connectivity index (χ0v) is 11.5. The minimum atomic E-state index is -1.10. The summed E-state index contributed by atoms with van der Waals surface area (Å²) in [5.41, 5.74) is 2.74. The molecule has 0 bridgehead atoms. The monoisotopic (exact) mass is 232 g/mol. The van der Waals surface area contributed by atoms with Gasteiger partial charge in [0.25, 0.3) is 0 Å². The van der Waals surface area contributed by atoms with Crippen molar-refractivity contribution in [3.05, 3.63) is 0 Å². The van der Waals surface area contributed by atoms with Gasteiger partial charge in [-0.05, 0) is 0 Å². The van der Waals surface area contributed by atoms with E-state index in [1.807, 2.05) is 0 Å². The van der Waals surface area contributed by atoms with Crippen LogP contribution >= 0.6 is 19.4 Å². The van der Waals surface area contributed by atoms with Crippen LogP contribution in [0.15, 0.2) is 0 Å². The third-order valence-corrected chi connectivity index (χ3v) is 1.30. The molecular weight excluding hydrogens is 224 g/mol. The van der Waals surface area contributed by atoms with Crippen molar-refractivity contribution in [1.82, 2.24) is 0 Å². The molecule has 0 saturated heterocycles. The summed E-state index contributed by atoms with van der Waals surface area (Å²) in [6.07, 6.45) is 5.12. The predicted octanol–water partition coefficient (Wildman–Crippen LogP) is 2.87. The van der Waals surface area contributed by atoms with Crippen LogP contribution in [0.1, 0.15) is 0 Å². The number of hydrogen-bond donors (Lipinski definition) is 0. The topological polar surface area (TPSA) is 0 Å². The van der Waals surface area contributed by atoms with E-state index in [1.54, 1.807) is 0 Å². The first-order chi connectivity index (χ1) is 3.97. The molecule has 0 aromatic rings. The summed E-state index contributed by atoms with van der Waals surface area (Å²) in [4.78, 5) is 0. The first-order valence-electron chi connectivity index (χ1n) is 2.57. The second-order valence-electron chi connectivity index (χ2n) is 2.50. The Morgan fingerprint density at radius 3 is 1.44 bits per heavy atom. The van der Waals surface area contributed by atoms with Crippen LogP contribution in [0.25, 0.3) is 0 Å². The summed E-state index contributed by atoms with van der Waals surface area (Å²) in [5.74, 6) is 0. The molecule has 4 heteroatoms. The van der Waals surface area contributed by atoms with Crippen molar-refractivity contribution in [2.24, 2.45) is 0 Å². The summed E-state index contributed by atoms with van der Waals surface area (Å²) in [5, 5.41) is 0. The molecule has 0 amide bonds. The van der Waals surface area contributed by atoms with Gasteiger partial charge in [0.15, 0.2) is 0 Å². The molecule has 0 aliphatic heterocycles. The summed E-state index contributed by atoms with van der Waals surface area (Å²) in [7, 11) is 8.80. The van der Waals surface area contributed by atoms with Gasteiger partial charge in [0.2, 0.25) is 0 Å². The van der Waals surface area contributed by atoms with Crippen molar-refractivity contribution < 1.29 is 15.1 Å². The summed E-state index contributed by atoms with van der Waals surface area (Å²) in [6, 6.07) is 0. The fraction of sp³-hybridized carbons (Fsp3) is 0.600. The van der Waals surface area contributed by atoms with Gasteiger partial charge in [-0.25, -0.2) is 0 Å². The summed E-state index contributed by atoms with van der Waals surface area (Å²) in [6.45, 7) is 6.44. The Morgan fingerprint density at radius 2 is 1.44 bits per heavy atom. The molecule has 0 atom stereocenters. The van der Waals surface area contributed by atoms with E-state index < -0.39 is 23.2 Å². The number of halogens is 2. The zero-order chi connectivity index (χ0) is 7.91. The van der Waals surface area contributed by atoms with Crippen LogP contribution < -0.4 is 0 Å². The third-order valence-electron chi connectivity index (χ3n) is 0.433. The van der Waals surface area contributed by atoms with E-state index in [4.69, 9.17) is 25.8 Å². The Balaban J connectivity index is 0. The van der Waals surface area contributed by atoms with Gasteiger partial charge >= 0.3 is 34.5 Å². The van der Waals surface area contributed by atoms with E-state index in [-0.39, 0.29) is 0 Å². The van der Waals surface area contributed by atoms with Crippen molar-refractivity contribution in [1.29, 1.82) is 0 Å². The van der Waals surface area contributed by atoms with Crippen LogP contribution in [0.4, 0.5) is 0 Å². The average Bonchev–Trinajstić information content (AvgIpc) is 1.67. The van der Waals surface area contributed by atoms with Gasteiger partial charge in [-0.3, -0.25) is 0 Å². The molecule has 50 valence electrons. The molecule has 0 saturated carbocycles. The Kier molecular flexibility index (Phi) is 9.96. The second-order valence-corrected chi connectivity index (χ2v) is 11.9. The van der Waals surface area contributed by atoms with Crippen LogP contribution in [0, 0.1) is 12.0 Å². The number of hydrogen-bond acceptors (Lipinski definition) is 0. The van der Waals surface area contributed by atoms with Gasteiger partial charge in [0, 0.05) is 0 Å². The first kappa shape index (κ1) is 12.6. The van der Waals surface area contributed by atoms with Crippen LogP contribution in [-0.2, 0) is 15.1 Å². The van der Waals surface area contributed by atoms with E-state index in [9.17, 15) is 0 Å². The molecule has 0 spiro atoms. The molecule has 0 heterocycles. The molecule has 0 unspecified atom stereocenters. The molecule has 0 fully saturated rings. The van der Waals surface area contributed by atoms with E-state index in [1.165, 1.54) is 0 Å². The van der Waals surface area contributed by atoms with E-state index in [0.29, 0.717) is 0 Å². The van der Waals surface area contributed by atoms with Gasteiger partial charge in [-0.1, -0.05) is 19.6 Å². The molecule has 9 heavy (non-hydrogen) atoms. The minimum absolute atomic E-state index is 0.931. The Labute approximate surface area is 74.0 Å². The third kappa shape index (κ3) is 27.6. The molecule has 0 N–H and O–H groups in total. The maximum absolute atomic E-state index is 5.12. The van der Waals surface area contributed by atoms with E-state index in [0.717, 1.165) is 0 Å². The first-order valence-corrected chi connectivity index (χ1v) is 13.9. The Hall–Kier alpha value is 0.980. The van der Waals surface area contributed by atoms with Crippen LogP contribution in [0.5, 0.6) is 0 Å². The van der Waals surface area contributed by atoms with Gasteiger partial charge in [0.05, 0.1) is 0 Å². The van der Waals surface area contributed by atoms with E-state index >= 15 is 0 Å². The molecule has 0 rings (SSSR count). The normalized spacial score (nSPS) is 8.00. The maximum atomic E-state index is 5.12. The molecular formula is C5H10Cl2SiZn. The van der Waals surface area contributed by atoms with E-state index in [2.05, 4.69) is 25.2 Å². The predicted molar refractivity (Wildman–Crippen MR) is 43.9 cm³/mol. The molecule has 0 aromatic carbocycles. The second kappa shape index (κ2) is 7.09. The van der Waals surface area contributed by atoms with Crippen molar-refractivity contribution in [3.8, 4) is 12.0 Å². The SMILES string of the molecule is C#C[Si](C)(C)C.[Cl][Zn][Cl]. The fourth-order valence-electron chi connectivity index (χ4n) is 0. The average molecular weight is 235 g/mol. The Bertz CT molecular complexity index is 92.1. The summed E-state index contributed by atoms with van der Waals surface area (Å²) >= 11 is -0.931. The van der Waals surface area contributed by atoms with Crippen LogP contribution in [-0.4, -0.2) is 8.07 Å². The van der Waals surface area contributed by atoms with Crippen molar-refractivity contribution in [2.45, 2.75) is 19.6 Å². The van der Waals surface area contributed by atoms with Crippen molar-refractivity contribution >= 4 is 27.5 Å². The summed E-state index contributed by atoms with van der Waals surface area (Å²) < 4.78 is 0. The number of rotatable bonds is 0. The van der Waals surface area contributed by atoms with Gasteiger partial charge in [-0.2, -0.15) is 0 Å².